The zero-order valence-corrected chi connectivity index (χ0v) is 10.7. The lowest BCUT2D eigenvalue weighted by Gasteiger charge is -2.16. The molecule has 6 heteroatoms. The maximum absolute atomic E-state index is 11.8. The first-order valence-electron chi connectivity index (χ1n) is 5.44. The second-order valence-corrected chi connectivity index (χ2v) is 4.03. The molecule has 0 saturated heterocycles. The number of carbonyl (C=O) groups is 1. The Morgan fingerprint density at radius 2 is 2.29 bits per heavy atom. The summed E-state index contributed by atoms with van der Waals surface area (Å²) in [5.41, 5.74) is 0.256. The van der Waals surface area contributed by atoms with Crippen LogP contribution in [-0.4, -0.2) is 35.6 Å². The average molecular weight is 258 g/mol. The van der Waals surface area contributed by atoms with Crippen LogP contribution in [0.15, 0.2) is 12.4 Å². The lowest BCUT2D eigenvalue weighted by molar-refractivity contribution is 0.0886. The molecular formula is C11H16ClN3O2. The average Bonchev–Trinajstić information content (AvgIpc) is 2.30. The molecule has 1 atom stereocenters. The lowest BCUT2D eigenvalue weighted by atomic mass is 10.2. The van der Waals surface area contributed by atoms with E-state index >= 15 is 0 Å². The van der Waals surface area contributed by atoms with E-state index in [1.54, 1.807) is 7.11 Å². The van der Waals surface area contributed by atoms with Crippen molar-refractivity contribution in [2.24, 2.45) is 0 Å². The summed E-state index contributed by atoms with van der Waals surface area (Å²) in [5, 5.41) is 3.11. The summed E-state index contributed by atoms with van der Waals surface area (Å²) in [6.07, 6.45) is 4.54. The van der Waals surface area contributed by atoms with Crippen LogP contribution in [0.2, 0.25) is 5.15 Å². The number of ether oxygens (including phenoxy) is 1. The van der Waals surface area contributed by atoms with E-state index in [2.05, 4.69) is 22.2 Å². The maximum Gasteiger partial charge on any atom is 0.271 e. The first-order chi connectivity index (χ1) is 8.17. The number of aromatic nitrogens is 2. The third kappa shape index (κ3) is 4.66. The molecule has 1 unspecified atom stereocenters. The van der Waals surface area contributed by atoms with Crippen LogP contribution in [-0.2, 0) is 4.74 Å². The van der Waals surface area contributed by atoms with Crippen LogP contribution < -0.4 is 5.32 Å². The van der Waals surface area contributed by atoms with E-state index in [1.807, 2.05) is 0 Å². The van der Waals surface area contributed by atoms with Crippen LogP contribution >= 0.6 is 11.6 Å². The highest BCUT2D eigenvalue weighted by atomic mass is 35.5. The summed E-state index contributed by atoms with van der Waals surface area (Å²) < 4.78 is 5.04. The normalized spacial score (nSPS) is 12.2. The van der Waals surface area contributed by atoms with Crippen molar-refractivity contribution in [3.8, 4) is 0 Å². The van der Waals surface area contributed by atoms with Gasteiger partial charge in [0.05, 0.1) is 25.0 Å². The van der Waals surface area contributed by atoms with Crippen molar-refractivity contribution in [2.75, 3.05) is 13.7 Å². The minimum absolute atomic E-state index is 0.00465. The Labute approximate surface area is 106 Å². The molecule has 0 aromatic carbocycles. The van der Waals surface area contributed by atoms with Gasteiger partial charge in [0.25, 0.3) is 5.91 Å². The molecular weight excluding hydrogens is 242 g/mol. The van der Waals surface area contributed by atoms with E-state index in [4.69, 9.17) is 16.3 Å². The zero-order valence-electron chi connectivity index (χ0n) is 9.94. The topological polar surface area (TPSA) is 64.1 Å². The molecule has 0 aliphatic rings. The molecule has 5 nitrogen and oxygen atoms in total. The van der Waals surface area contributed by atoms with Crippen LogP contribution in [0.3, 0.4) is 0 Å². The minimum Gasteiger partial charge on any atom is -0.383 e. The van der Waals surface area contributed by atoms with E-state index in [-0.39, 0.29) is 22.8 Å². The van der Waals surface area contributed by atoms with Crippen molar-refractivity contribution in [1.82, 2.24) is 15.3 Å². The molecule has 1 N–H and O–H groups in total. The smallest absolute Gasteiger partial charge is 0.271 e. The Balaban J connectivity index is 2.60. The summed E-state index contributed by atoms with van der Waals surface area (Å²) in [6.45, 7) is 2.54. The number of halogens is 1. The van der Waals surface area contributed by atoms with Gasteiger partial charge in [0.1, 0.15) is 10.8 Å². The molecule has 0 radical (unpaired) electrons. The number of hydrogen-bond donors (Lipinski definition) is 1. The Hall–Kier alpha value is -1.20. The number of carbonyl (C=O) groups excluding carboxylic acids is 1. The van der Waals surface area contributed by atoms with E-state index < -0.39 is 0 Å². The molecule has 0 fully saturated rings. The predicted molar refractivity (Wildman–Crippen MR) is 65.1 cm³/mol. The lowest BCUT2D eigenvalue weighted by Crippen LogP contribution is -2.38. The Kier molecular flexibility index (Phi) is 5.86. The standard InChI is InChI=1S/C11H16ClN3O2/c1-3-4-8(7-17-2)15-11(16)9-5-14-10(12)6-13-9/h5-6,8H,3-4,7H2,1-2H3,(H,15,16). The summed E-state index contributed by atoms with van der Waals surface area (Å²) in [6, 6.07) is -0.00465. The Bertz CT molecular complexity index is 350. The van der Waals surface area contributed by atoms with Crippen LogP contribution in [0.4, 0.5) is 0 Å². The summed E-state index contributed by atoms with van der Waals surface area (Å²) >= 11 is 5.60. The van der Waals surface area contributed by atoms with Crippen LogP contribution in [0, 0.1) is 0 Å². The van der Waals surface area contributed by atoms with Gasteiger partial charge >= 0.3 is 0 Å². The summed E-state index contributed by atoms with van der Waals surface area (Å²) in [7, 11) is 1.61. The zero-order chi connectivity index (χ0) is 12.7. The van der Waals surface area contributed by atoms with E-state index in [0.29, 0.717) is 6.61 Å². The van der Waals surface area contributed by atoms with E-state index in [1.165, 1.54) is 12.4 Å². The van der Waals surface area contributed by atoms with E-state index in [0.717, 1.165) is 12.8 Å². The van der Waals surface area contributed by atoms with Crippen LogP contribution in [0.5, 0.6) is 0 Å². The molecule has 17 heavy (non-hydrogen) atoms. The van der Waals surface area contributed by atoms with Gasteiger partial charge in [-0.15, -0.1) is 0 Å². The molecule has 94 valence electrons. The molecule has 1 amide bonds. The molecule has 1 aromatic rings. The number of amides is 1. The number of hydrogen-bond acceptors (Lipinski definition) is 4. The van der Waals surface area contributed by atoms with Gasteiger partial charge < -0.3 is 10.1 Å². The first kappa shape index (κ1) is 13.9. The fraction of sp³-hybridized carbons (Fsp3) is 0.545. The van der Waals surface area contributed by atoms with Crippen molar-refractivity contribution in [1.29, 1.82) is 0 Å². The van der Waals surface area contributed by atoms with Crippen molar-refractivity contribution < 1.29 is 9.53 Å². The van der Waals surface area contributed by atoms with Gasteiger partial charge in [-0.1, -0.05) is 24.9 Å². The predicted octanol–water partition coefficient (Wildman–Crippen LogP) is 1.67. The van der Waals surface area contributed by atoms with Gasteiger partial charge in [0.2, 0.25) is 0 Å². The van der Waals surface area contributed by atoms with Crippen molar-refractivity contribution in [3.63, 3.8) is 0 Å². The highest BCUT2D eigenvalue weighted by Gasteiger charge is 2.14. The number of nitrogens with zero attached hydrogens (tertiary/aromatic N) is 2. The largest absolute Gasteiger partial charge is 0.383 e. The second-order valence-electron chi connectivity index (χ2n) is 3.64. The molecule has 0 bridgehead atoms. The van der Waals surface area contributed by atoms with Gasteiger partial charge in [-0.25, -0.2) is 9.97 Å². The van der Waals surface area contributed by atoms with Crippen molar-refractivity contribution in [3.05, 3.63) is 23.2 Å². The van der Waals surface area contributed by atoms with Gasteiger partial charge in [0, 0.05) is 7.11 Å². The number of methoxy groups -OCH3 is 1. The summed E-state index contributed by atoms with van der Waals surface area (Å²) in [5.74, 6) is -0.260. The van der Waals surface area contributed by atoms with Crippen LogP contribution in [0.25, 0.3) is 0 Å². The van der Waals surface area contributed by atoms with Gasteiger partial charge in [-0.05, 0) is 6.42 Å². The fourth-order valence-electron chi connectivity index (χ4n) is 1.44. The molecule has 0 aliphatic carbocycles. The highest BCUT2D eigenvalue weighted by molar-refractivity contribution is 6.29. The molecule has 1 aromatic heterocycles. The first-order valence-corrected chi connectivity index (χ1v) is 5.82. The Morgan fingerprint density at radius 3 is 2.82 bits per heavy atom. The molecule has 0 spiro atoms. The fourth-order valence-corrected chi connectivity index (χ4v) is 1.53. The van der Waals surface area contributed by atoms with Gasteiger partial charge in [0.15, 0.2) is 0 Å². The third-order valence-electron chi connectivity index (χ3n) is 2.19. The SMILES string of the molecule is CCCC(COC)NC(=O)c1cnc(Cl)cn1. The molecule has 0 saturated carbocycles. The maximum atomic E-state index is 11.8. The molecule has 1 rings (SSSR count). The minimum atomic E-state index is -0.260. The summed E-state index contributed by atoms with van der Waals surface area (Å²) in [4.78, 5) is 19.5. The Morgan fingerprint density at radius 1 is 1.53 bits per heavy atom. The van der Waals surface area contributed by atoms with Gasteiger partial charge in [-0.2, -0.15) is 0 Å². The van der Waals surface area contributed by atoms with E-state index in [9.17, 15) is 4.79 Å². The molecule has 0 aliphatic heterocycles. The monoisotopic (exact) mass is 257 g/mol. The number of rotatable bonds is 6. The van der Waals surface area contributed by atoms with Crippen molar-refractivity contribution >= 4 is 17.5 Å². The highest BCUT2D eigenvalue weighted by Crippen LogP contribution is 2.03. The third-order valence-corrected chi connectivity index (χ3v) is 2.39. The van der Waals surface area contributed by atoms with Crippen molar-refractivity contribution in [2.45, 2.75) is 25.8 Å². The van der Waals surface area contributed by atoms with Gasteiger partial charge in [-0.3, -0.25) is 4.79 Å². The number of nitrogens with one attached hydrogen (secondary N) is 1. The van der Waals surface area contributed by atoms with Crippen LogP contribution in [0.1, 0.15) is 30.3 Å². The quantitative estimate of drug-likeness (QED) is 0.842. The molecule has 1 heterocycles. The second kappa shape index (κ2) is 7.19.